The molecule has 1 fully saturated rings. The number of anilines is 1. The van der Waals surface area contributed by atoms with E-state index in [2.05, 4.69) is 10.4 Å². The number of para-hydroxylation sites is 2. The first-order chi connectivity index (χ1) is 15.6. The first-order valence-corrected chi connectivity index (χ1v) is 12.2. The zero-order valence-electron chi connectivity index (χ0n) is 18.5. The van der Waals surface area contributed by atoms with E-state index >= 15 is 0 Å². The summed E-state index contributed by atoms with van der Waals surface area (Å²) < 4.78 is 41.7. The highest BCUT2D eigenvalue weighted by molar-refractivity contribution is 7.93. The van der Waals surface area contributed by atoms with Gasteiger partial charge in [-0.25, -0.2) is 8.42 Å². The normalized spacial score (nSPS) is 18.4. The third-order valence-electron chi connectivity index (χ3n) is 5.33. The summed E-state index contributed by atoms with van der Waals surface area (Å²) in [5.41, 5.74) is -1.22. The Morgan fingerprint density at radius 3 is 2.73 bits per heavy atom. The number of aliphatic hydroxyl groups excluding tert-OH is 1. The molecule has 3 N–H and O–H groups in total. The Kier molecular flexibility index (Phi) is 6.25. The van der Waals surface area contributed by atoms with E-state index in [1.54, 1.807) is 28.9 Å². The molecule has 180 valence electrons. The van der Waals surface area contributed by atoms with Crippen LogP contribution in [0, 0.1) is 0 Å². The Morgan fingerprint density at radius 2 is 2.06 bits per heavy atom. The van der Waals surface area contributed by atoms with Crippen LogP contribution in [0.25, 0.3) is 0 Å². The first-order valence-electron chi connectivity index (χ1n) is 10.7. The predicted octanol–water partition coefficient (Wildman–Crippen LogP) is 0.433. The summed E-state index contributed by atoms with van der Waals surface area (Å²) in [6.07, 6.45) is 2.58. The number of aliphatic hydroxyl groups is 2. The molecule has 1 saturated carbocycles. The van der Waals surface area contributed by atoms with Gasteiger partial charge in [0.25, 0.3) is 21.8 Å². The standard InChI is InChI=1S/C21H28N4O7S/c1-21(2,28)20(27)22-11-15-12-25(16-5-3-4-6-17(16)32-15)33(29,30)18-13-24(14-7-8-14)23-19(18)31-10-9-26/h3-6,13-15,26,28H,7-12H2,1-2H3,(H,22,27)/t15-/m0/s1. The zero-order chi connectivity index (χ0) is 23.8. The van der Waals surface area contributed by atoms with Crippen LogP contribution in [0.1, 0.15) is 32.7 Å². The minimum Gasteiger partial charge on any atom is -0.484 e. The number of carbonyl (C=O) groups is 1. The van der Waals surface area contributed by atoms with Crippen LogP contribution in [0.15, 0.2) is 35.4 Å². The molecule has 12 heteroatoms. The second-order valence-electron chi connectivity index (χ2n) is 8.59. The van der Waals surface area contributed by atoms with E-state index in [1.165, 1.54) is 24.3 Å². The van der Waals surface area contributed by atoms with E-state index in [4.69, 9.17) is 14.6 Å². The molecule has 2 heterocycles. The molecule has 0 bridgehead atoms. The highest BCUT2D eigenvalue weighted by Crippen LogP contribution is 2.40. The third kappa shape index (κ3) is 4.92. The molecule has 2 aliphatic rings. The number of carbonyl (C=O) groups excluding carboxylic acids is 1. The number of benzene rings is 1. The second kappa shape index (κ2) is 8.84. The van der Waals surface area contributed by atoms with Gasteiger partial charge in [0.2, 0.25) is 0 Å². The van der Waals surface area contributed by atoms with Crippen molar-refractivity contribution >= 4 is 21.6 Å². The lowest BCUT2D eigenvalue weighted by molar-refractivity contribution is -0.136. The van der Waals surface area contributed by atoms with Crippen LogP contribution in [0.2, 0.25) is 0 Å². The molecule has 1 aromatic heterocycles. The van der Waals surface area contributed by atoms with Crippen molar-refractivity contribution in [2.45, 2.75) is 49.3 Å². The molecular weight excluding hydrogens is 452 g/mol. The molecule has 0 spiro atoms. The van der Waals surface area contributed by atoms with Crippen LogP contribution in [-0.2, 0) is 14.8 Å². The molecular formula is C21H28N4O7S. The number of amides is 1. The Morgan fingerprint density at radius 1 is 1.33 bits per heavy atom. The lowest BCUT2D eigenvalue weighted by Crippen LogP contribution is -2.51. The number of ether oxygens (including phenoxy) is 2. The fourth-order valence-corrected chi connectivity index (χ4v) is 5.01. The van der Waals surface area contributed by atoms with Crippen LogP contribution >= 0.6 is 0 Å². The number of fused-ring (bicyclic) bond motifs is 1. The van der Waals surface area contributed by atoms with Gasteiger partial charge < -0.3 is 25.0 Å². The molecule has 4 rings (SSSR count). The minimum atomic E-state index is -4.12. The van der Waals surface area contributed by atoms with Crippen LogP contribution in [-0.4, -0.2) is 72.3 Å². The van der Waals surface area contributed by atoms with Gasteiger partial charge in [-0.1, -0.05) is 12.1 Å². The van der Waals surface area contributed by atoms with E-state index in [0.717, 1.165) is 12.8 Å². The molecule has 1 aliphatic heterocycles. The minimum absolute atomic E-state index is 0.00160. The largest absolute Gasteiger partial charge is 0.484 e. The topological polar surface area (TPSA) is 143 Å². The number of nitrogens with one attached hydrogen (secondary N) is 1. The number of aromatic nitrogens is 2. The maximum Gasteiger partial charge on any atom is 0.271 e. The molecule has 1 aliphatic carbocycles. The lowest BCUT2D eigenvalue weighted by atomic mass is 10.1. The summed E-state index contributed by atoms with van der Waals surface area (Å²) >= 11 is 0. The molecule has 11 nitrogen and oxygen atoms in total. The maximum atomic E-state index is 13.8. The van der Waals surface area contributed by atoms with Gasteiger partial charge in [0.1, 0.15) is 24.1 Å². The quantitative estimate of drug-likeness (QED) is 0.469. The van der Waals surface area contributed by atoms with E-state index in [0.29, 0.717) is 11.4 Å². The smallest absolute Gasteiger partial charge is 0.271 e. The summed E-state index contributed by atoms with van der Waals surface area (Å²) in [5.74, 6) is -0.307. The SMILES string of the molecule is CC(C)(O)C(=O)NC[C@H]1CN(S(=O)(=O)c2cn(C3CC3)nc2OCCO)c2ccccc2O1. The molecule has 0 saturated heterocycles. The summed E-state index contributed by atoms with van der Waals surface area (Å²) in [4.78, 5) is 12.0. The third-order valence-corrected chi connectivity index (χ3v) is 7.09. The van der Waals surface area contributed by atoms with Crippen LogP contribution in [0.4, 0.5) is 5.69 Å². The highest BCUT2D eigenvalue weighted by Gasteiger charge is 2.39. The first kappa shape index (κ1) is 23.3. The van der Waals surface area contributed by atoms with Crippen LogP contribution < -0.4 is 19.1 Å². The van der Waals surface area contributed by atoms with Crippen molar-refractivity contribution in [2.24, 2.45) is 0 Å². The lowest BCUT2D eigenvalue weighted by Gasteiger charge is -2.35. The number of hydrogen-bond donors (Lipinski definition) is 3. The van der Waals surface area contributed by atoms with Crippen molar-refractivity contribution in [3.63, 3.8) is 0 Å². The van der Waals surface area contributed by atoms with E-state index < -0.39 is 27.6 Å². The molecule has 2 aromatic rings. The number of rotatable bonds is 9. The zero-order valence-corrected chi connectivity index (χ0v) is 19.3. The van der Waals surface area contributed by atoms with Gasteiger partial charge in [0, 0.05) is 6.20 Å². The Labute approximate surface area is 192 Å². The number of nitrogens with zero attached hydrogens (tertiary/aromatic N) is 3. The molecule has 33 heavy (non-hydrogen) atoms. The van der Waals surface area contributed by atoms with Gasteiger partial charge in [0.05, 0.1) is 31.4 Å². The fourth-order valence-electron chi connectivity index (χ4n) is 3.44. The Hall–Kier alpha value is -2.83. The Balaban J connectivity index is 1.65. The monoisotopic (exact) mass is 480 g/mol. The molecule has 0 radical (unpaired) electrons. The van der Waals surface area contributed by atoms with Crippen LogP contribution in [0.5, 0.6) is 11.6 Å². The summed E-state index contributed by atoms with van der Waals surface area (Å²) in [6, 6.07) is 6.85. The second-order valence-corrected chi connectivity index (χ2v) is 10.4. The highest BCUT2D eigenvalue weighted by atomic mass is 32.2. The summed E-state index contributed by atoms with van der Waals surface area (Å²) in [6.45, 7) is 2.29. The predicted molar refractivity (Wildman–Crippen MR) is 118 cm³/mol. The number of sulfonamides is 1. The molecule has 1 amide bonds. The number of hydrogen-bond acceptors (Lipinski definition) is 8. The van der Waals surface area contributed by atoms with Gasteiger partial charge in [0.15, 0.2) is 4.90 Å². The Bertz CT molecular complexity index is 1120. The molecule has 1 atom stereocenters. The molecule has 1 aromatic carbocycles. The molecule has 0 unspecified atom stereocenters. The van der Waals surface area contributed by atoms with Crippen molar-refractivity contribution in [3.8, 4) is 11.6 Å². The van der Waals surface area contributed by atoms with Gasteiger partial charge in [-0.2, -0.15) is 0 Å². The van der Waals surface area contributed by atoms with E-state index in [1.807, 2.05) is 0 Å². The average Bonchev–Trinajstić information content (AvgIpc) is 3.53. The van der Waals surface area contributed by atoms with Gasteiger partial charge in [-0.15, -0.1) is 5.10 Å². The van der Waals surface area contributed by atoms with E-state index in [9.17, 15) is 18.3 Å². The van der Waals surface area contributed by atoms with Crippen molar-refractivity contribution in [1.82, 2.24) is 15.1 Å². The summed E-state index contributed by atoms with van der Waals surface area (Å²) in [7, 11) is -4.12. The van der Waals surface area contributed by atoms with Crippen molar-refractivity contribution in [1.29, 1.82) is 0 Å². The van der Waals surface area contributed by atoms with Crippen LogP contribution in [0.3, 0.4) is 0 Å². The maximum absolute atomic E-state index is 13.8. The van der Waals surface area contributed by atoms with Crippen molar-refractivity contribution in [2.75, 3.05) is 30.6 Å². The van der Waals surface area contributed by atoms with E-state index in [-0.39, 0.29) is 43.1 Å². The fraction of sp³-hybridized carbons (Fsp3) is 0.524. The van der Waals surface area contributed by atoms with Gasteiger partial charge in [-0.05, 0) is 38.8 Å². The van der Waals surface area contributed by atoms with Crippen molar-refractivity contribution in [3.05, 3.63) is 30.5 Å². The van der Waals surface area contributed by atoms with Gasteiger partial charge in [-0.3, -0.25) is 13.8 Å². The average molecular weight is 481 g/mol. The van der Waals surface area contributed by atoms with Gasteiger partial charge >= 0.3 is 0 Å². The summed E-state index contributed by atoms with van der Waals surface area (Å²) in [5, 5.41) is 25.9. The van der Waals surface area contributed by atoms with Crippen molar-refractivity contribution < 1.29 is 32.9 Å².